The van der Waals surface area contributed by atoms with Crippen LogP contribution >= 0.6 is 0 Å². The molecule has 2 aromatic rings. The van der Waals surface area contributed by atoms with E-state index in [4.69, 9.17) is 10.5 Å². The van der Waals surface area contributed by atoms with Crippen molar-refractivity contribution in [2.75, 3.05) is 18.9 Å². The minimum Gasteiger partial charge on any atom is -0.494 e. The van der Waals surface area contributed by atoms with E-state index in [9.17, 15) is 0 Å². The topological polar surface area (TPSA) is 38.5 Å². The molecule has 3 rings (SSSR count). The summed E-state index contributed by atoms with van der Waals surface area (Å²) in [4.78, 5) is 2.44. The fraction of sp³-hybridized carbons (Fsp3) is 0.294. The van der Waals surface area contributed by atoms with Gasteiger partial charge in [-0.2, -0.15) is 0 Å². The third kappa shape index (κ3) is 3.11. The normalized spacial score (nSPS) is 14.2. The first-order valence-electron chi connectivity index (χ1n) is 7.09. The molecule has 0 spiro atoms. The first kappa shape index (κ1) is 13.0. The molecule has 0 aliphatic carbocycles. The maximum atomic E-state index is 5.82. The lowest BCUT2D eigenvalue weighted by atomic mass is 10.1. The first-order chi connectivity index (χ1) is 9.81. The van der Waals surface area contributed by atoms with Gasteiger partial charge in [0.15, 0.2) is 0 Å². The van der Waals surface area contributed by atoms with Gasteiger partial charge in [-0.3, -0.25) is 4.90 Å². The lowest BCUT2D eigenvalue weighted by Crippen LogP contribution is -2.19. The van der Waals surface area contributed by atoms with Crippen LogP contribution in [-0.2, 0) is 13.1 Å². The van der Waals surface area contributed by atoms with Gasteiger partial charge in [-0.1, -0.05) is 24.3 Å². The van der Waals surface area contributed by atoms with Crippen LogP contribution in [0, 0.1) is 0 Å². The summed E-state index contributed by atoms with van der Waals surface area (Å²) < 4.78 is 5.72. The molecule has 0 fully saturated rings. The predicted octanol–water partition coefficient (Wildman–Crippen LogP) is 3.05. The Morgan fingerprint density at radius 3 is 2.65 bits per heavy atom. The summed E-state index contributed by atoms with van der Waals surface area (Å²) in [7, 11) is 0. The highest BCUT2D eigenvalue weighted by Gasteiger charge is 2.18. The van der Waals surface area contributed by atoms with Crippen molar-refractivity contribution in [1.82, 2.24) is 4.90 Å². The van der Waals surface area contributed by atoms with Gasteiger partial charge in [0.2, 0.25) is 0 Å². The van der Waals surface area contributed by atoms with Gasteiger partial charge >= 0.3 is 0 Å². The Morgan fingerprint density at radius 2 is 1.80 bits per heavy atom. The van der Waals surface area contributed by atoms with E-state index in [2.05, 4.69) is 17.0 Å². The van der Waals surface area contributed by atoms with E-state index in [1.165, 1.54) is 11.1 Å². The van der Waals surface area contributed by atoms with Gasteiger partial charge in [0.1, 0.15) is 5.75 Å². The van der Waals surface area contributed by atoms with E-state index in [-0.39, 0.29) is 0 Å². The zero-order valence-corrected chi connectivity index (χ0v) is 11.6. The van der Waals surface area contributed by atoms with Gasteiger partial charge in [0.25, 0.3) is 0 Å². The summed E-state index contributed by atoms with van der Waals surface area (Å²) >= 11 is 0. The van der Waals surface area contributed by atoms with Crippen molar-refractivity contribution in [3.05, 3.63) is 59.7 Å². The van der Waals surface area contributed by atoms with Crippen LogP contribution in [0.15, 0.2) is 48.5 Å². The zero-order chi connectivity index (χ0) is 13.8. The molecule has 2 N–H and O–H groups in total. The number of anilines is 1. The number of nitrogens with zero attached hydrogens (tertiary/aromatic N) is 1. The molecule has 3 heteroatoms. The van der Waals surface area contributed by atoms with E-state index in [1.54, 1.807) is 0 Å². The highest BCUT2D eigenvalue weighted by molar-refractivity contribution is 5.46. The molecule has 0 unspecified atom stereocenters. The average molecular weight is 268 g/mol. The second-order valence-electron chi connectivity index (χ2n) is 5.25. The van der Waals surface area contributed by atoms with Crippen LogP contribution in [0.3, 0.4) is 0 Å². The molecule has 0 saturated carbocycles. The smallest absolute Gasteiger partial charge is 0.119 e. The molecule has 0 amide bonds. The third-order valence-electron chi connectivity index (χ3n) is 3.65. The van der Waals surface area contributed by atoms with Crippen LogP contribution < -0.4 is 10.5 Å². The van der Waals surface area contributed by atoms with Crippen molar-refractivity contribution in [3.8, 4) is 5.75 Å². The molecule has 0 bridgehead atoms. The number of ether oxygens (including phenoxy) is 1. The average Bonchev–Trinajstić information content (AvgIpc) is 2.86. The number of rotatable bonds is 5. The van der Waals surface area contributed by atoms with Crippen molar-refractivity contribution in [1.29, 1.82) is 0 Å². The predicted molar refractivity (Wildman–Crippen MR) is 81.5 cm³/mol. The second-order valence-corrected chi connectivity index (χ2v) is 5.25. The standard InChI is InChI=1S/C17H20N2O/c18-16-8-7-14-12-19(13-15(14)11-16)9-4-10-20-17-5-2-1-3-6-17/h1-3,5-8,11H,4,9-10,12-13,18H2. The SMILES string of the molecule is Nc1ccc2c(c1)CN(CCCOc1ccccc1)C2. The Balaban J connectivity index is 1.43. The number of nitrogen functional groups attached to an aromatic ring is 1. The molecule has 0 atom stereocenters. The highest BCUT2D eigenvalue weighted by atomic mass is 16.5. The van der Waals surface area contributed by atoms with Crippen LogP contribution in [-0.4, -0.2) is 18.1 Å². The number of benzene rings is 2. The molecule has 20 heavy (non-hydrogen) atoms. The van der Waals surface area contributed by atoms with Crippen molar-refractivity contribution in [2.45, 2.75) is 19.5 Å². The molecule has 3 nitrogen and oxygen atoms in total. The second kappa shape index (κ2) is 5.97. The van der Waals surface area contributed by atoms with E-state index in [0.717, 1.165) is 44.1 Å². The molecule has 0 radical (unpaired) electrons. The fourth-order valence-corrected chi connectivity index (χ4v) is 2.64. The van der Waals surface area contributed by atoms with E-state index < -0.39 is 0 Å². The summed E-state index contributed by atoms with van der Waals surface area (Å²) in [6.45, 7) is 3.85. The zero-order valence-electron chi connectivity index (χ0n) is 11.6. The van der Waals surface area contributed by atoms with Gasteiger partial charge in [0, 0.05) is 25.3 Å². The summed E-state index contributed by atoms with van der Waals surface area (Å²) in [5, 5.41) is 0. The van der Waals surface area contributed by atoms with E-state index in [0.29, 0.717) is 0 Å². The third-order valence-corrected chi connectivity index (χ3v) is 3.65. The van der Waals surface area contributed by atoms with Crippen LogP contribution in [0.4, 0.5) is 5.69 Å². The lowest BCUT2D eigenvalue weighted by Gasteiger charge is -2.14. The molecule has 104 valence electrons. The Labute approximate surface area is 120 Å². The fourth-order valence-electron chi connectivity index (χ4n) is 2.64. The molecular weight excluding hydrogens is 248 g/mol. The van der Waals surface area contributed by atoms with E-state index in [1.807, 2.05) is 36.4 Å². The first-order valence-corrected chi connectivity index (χ1v) is 7.09. The maximum absolute atomic E-state index is 5.82. The molecule has 1 heterocycles. The Kier molecular flexibility index (Phi) is 3.88. The van der Waals surface area contributed by atoms with Crippen molar-refractivity contribution in [3.63, 3.8) is 0 Å². The summed E-state index contributed by atoms with van der Waals surface area (Å²) in [5.74, 6) is 0.949. The van der Waals surface area contributed by atoms with Gasteiger partial charge in [-0.05, 0) is 41.8 Å². The monoisotopic (exact) mass is 268 g/mol. The van der Waals surface area contributed by atoms with Gasteiger partial charge < -0.3 is 10.5 Å². The molecular formula is C17H20N2O. The molecule has 0 aromatic heterocycles. The summed E-state index contributed by atoms with van der Waals surface area (Å²) in [6.07, 6.45) is 1.04. The molecule has 0 saturated heterocycles. The number of hydrogen-bond donors (Lipinski definition) is 1. The molecule has 1 aliphatic heterocycles. The molecule has 1 aliphatic rings. The van der Waals surface area contributed by atoms with E-state index >= 15 is 0 Å². The Bertz CT molecular complexity index is 568. The van der Waals surface area contributed by atoms with Gasteiger partial charge in [0.05, 0.1) is 6.61 Å². The van der Waals surface area contributed by atoms with Crippen LogP contribution in [0.5, 0.6) is 5.75 Å². The Morgan fingerprint density at radius 1 is 1.00 bits per heavy atom. The lowest BCUT2D eigenvalue weighted by molar-refractivity contribution is 0.238. The minimum absolute atomic E-state index is 0.763. The summed E-state index contributed by atoms with van der Waals surface area (Å²) in [6, 6.07) is 16.2. The van der Waals surface area contributed by atoms with Crippen LogP contribution in [0.1, 0.15) is 17.5 Å². The summed E-state index contributed by atoms with van der Waals surface area (Å²) in [5.41, 5.74) is 9.46. The highest BCUT2D eigenvalue weighted by Crippen LogP contribution is 2.24. The number of hydrogen-bond acceptors (Lipinski definition) is 3. The Hall–Kier alpha value is -2.00. The van der Waals surface area contributed by atoms with Crippen molar-refractivity contribution < 1.29 is 4.74 Å². The minimum atomic E-state index is 0.763. The van der Waals surface area contributed by atoms with Crippen LogP contribution in [0.2, 0.25) is 0 Å². The number of nitrogens with two attached hydrogens (primary N) is 1. The number of fused-ring (bicyclic) bond motifs is 1. The van der Waals surface area contributed by atoms with Crippen molar-refractivity contribution in [2.24, 2.45) is 0 Å². The number of para-hydroxylation sites is 1. The molecule has 2 aromatic carbocycles. The quantitative estimate of drug-likeness (QED) is 0.669. The largest absolute Gasteiger partial charge is 0.494 e. The maximum Gasteiger partial charge on any atom is 0.119 e. The van der Waals surface area contributed by atoms with Gasteiger partial charge in [-0.15, -0.1) is 0 Å². The van der Waals surface area contributed by atoms with Crippen LogP contribution in [0.25, 0.3) is 0 Å². The van der Waals surface area contributed by atoms with Gasteiger partial charge in [-0.25, -0.2) is 0 Å². The van der Waals surface area contributed by atoms with Crippen molar-refractivity contribution >= 4 is 5.69 Å².